The van der Waals surface area contributed by atoms with Crippen molar-refractivity contribution < 1.29 is 22.7 Å². The Morgan fingerprint density at radius 1 is 1.20 bits per heavy atom. The van der Waals surface area contributed by atoms with E-state index >= 15 is 0 Å². The summed E-state index contributed by atoms with van der Waals surface area (Å²) >= 11 is 0. The lowest BCUT2D eigenvalue weighted by molar-refractivity contribution is -0.140. The average Bonchev–Trinajstić information content (AvgIpc) is 3.14. The van der Waals surface area contributed by atoms with Crippen molar-refractivity contribution in [1.82, 2.24) is 3.97 Å². The maximum absolute atomic E-state index is 13.3. The summed E-state index contributed by atoms with van der Waals surface area (Å²) in [6, 6.07) is 10.4. The molecule has 3 aromatic rings. The molecular weight excluding hydrogens is 402 g/mol. The second-order valence-corrected chi connectivity index (χ2v) is 9.47. The number of ether oxygens (including phenoxy) is 1. The van der Waals surface area contributed by atoms with Crippen LogP contribution in [0.15, 0.2) is 47.5 Å². The highest BCUT2D eigenvalue weighted by Gasteiger charge is 2.29. The highest BCUT2D eigenvalue weighted by Crippen LogP contribution is 2.40. The van der Waals surface area contributed by atoms with E-state index < -0.39 is 10.0 Å². The van der Waals surface area contributed by atoms with Crippen molar-refractivity contribution >= 4 is 33.2 Å². The highest BCUT2D eigenvalue weighted by molar-refractivity contribution is 7.90. The van der Waals surface area contributed by atoms with Gasteiger partial charge in [0.2, 0.25) is 0 Å². The predicted octanol–water partition coefficient (Wildman–Crippen LogP) is 3.52. The van der Waals surface area contributed by atoms with Crippen LogP contribution in [0.4, 0.5) is 0 Å². The number of aryl methyl sites for hydroxylation is 3. The molecule has 7 heteroatoms. The van der Waals surface area contributed by atoms with Gasteiger partial charge >= 0.3 is 5.97 Å². The summed E-state index contributed by atoms with van der Waals surface area (Å²) in [5.41, 5.74) is 4.18. The van der Waals surface area contributed by atoms with Crippen molar-refractivity contribution in [1.29, 1.82) is 0 Å². The molecule has 0 fully saturated rings. The topological polar surface area (TPSA) is 82.4 Å². The van der Waals surface area contributed by atoms with E-state index in [2.05, 4.69) is 0 Å². The van der Waals surface area contributed by atoms with Crippen molar-refractivity contribution in [2.24, 2.45) is 0 Å². The first-order valence-corrected chi connectivity index (χ1v) is 11.3. The number of benzene rings is 2. The molecule has 1 atom stereocenters. The molecule has 0 saturated heterocycles. The molecule has 156 valence electrons. The van der Waals surface area contributed by atoms with E-state index in [4.69, 9.17) is 4.74 Å². The minimum absolute atomic E-state index is 0.207. The van der Waals surface area contributed by atoms with Gasteiger partial charge in [-0.1, -0.05) is 23.8 Å². The fourth-order valence-corrected chi connectivity index (χ4v) is 5.62. The number of methoxy groups -OCH3 is 1. The number of hydrogen-bond donors (Lipinski definition) is 0. The number of carbonyl (C=O) groups is 2. The normalized spacial score (nSPS) is 15.9. The van der Waals surface area contributed by atoms with Crippen LogP contribution in [0.2, 0.25) is 0 Å². The van der Waals surface area contributed by atoms with E-state index in [1.165, 1.54) is 11.1 Å². The van der Waals surface area contributed by atoms with E-state index in [-0.39, 0.29) is 23.2 Å². The molecule has 1 aliphatic carbocycles. The van der Waals surface area contributed by atoms with Crippen LogP contribution in [0.25, 0.3) is 10.9 Å². The molecule has 0 spiro atoms. The lowest BCUT2D eigenvalue weighted by Gasteiger charge is -2.22. The Bertz CT molecular complexity index is 1240. The first-order chi connectivity index (χ1) is 14.4. The zero-order valence-electron chi connectivity index (χ0n) is 16.9. The molecule has 6 nitrogen and oxygen atoms in total. The summed E-state index contributed by atoms with van der Waals surface area (Å²) in [6.45, 7) is 1.91. The number of esters is 1. The van der Waals surface area contributed by atoms with Crippen LogP contribution in [-0.4, -0.2) is 31.8 Å². The molecule has 1 heterocycles. The van der Waals surface area contributed by atoms with E-state index in [9.17, 15) is 18.0 Å². The van der Waals surface area contributed by atoms with Gasteiger partial charge < -0.3 is 9.53 Å². The summed E-state index contributed by atoms with van der Waals surface area (Å²) in [7, 11) is -2.43. The minimum Gasteiger partial charge on any atom is -0.469 e. The smallest absolute Gasteiger partial charge is 0.305 e. The van der Waals surface area contributed by atoms with Gasteiger partial charge in [0.1, 0.15) is 6.29 Å². The highest BCUT2D eigenvalue weighted by atomic mass is 32.2. The van der Waals surface area contributed by atoms with Gasteiger partial charge in [-0.2, -0.15) is 0 Å². The van der Waals surface area contributed by atoms with Crippen molar-refractivity contribution in [3.05, 3.63) is 64.8 Å². The monoisotopic (exact) mass is 425 g/mol. The Hall–Kier alpha value is -2.93. The van der Waals surface area contributed by atoms with Crippen LogP contribution in [0.5, 0.6) is 0 Å². The number of rotatable bonds is 6. The fourth-order valence-electron chi connectivity index (χ4n) is 4.23. The van der Waals surface area contributed by atoms with Gasteiger partial charge in [-0.3, -0.25) is 4.79 Å². The van der Waals surface area contributed by atoms with Crippen LogP contribution in [0.1, 0.15) is 41.0 Å². The molecule has 1 aliphatic rings. The van der Waals surface area contributed by atoms with Gasteiger partial charge in [0.15, 0.2) is 0 Å². The molecule has 0 aliphatic heterocycles. The summed E-state index contributed by atoms with van der Waals surface area (Å²) < 4.78 is 32.7. The largest absolute Gasteiger partial charge is 0.469 e. The summed E-state index contributed by atoms with van der Waals surface area (Å²) in [5, 5.41) is 0.816. The van der Waals surface area contributed by atoms with Gasteiger partial charge in [0.25, 0.3) is 10.0 Å². The van der Waals surface area contributed by atoms with Crippen LogP contribution < -0.4 is 0 Å². The Morgan fingerprint density at radius 2 is 1.93 bits per heavy atom. The lowest BCUT2D eigenvalue weighted by atomic mass is 9.81. The summed E-state index contributed by atoms with van der Waals surface area (Å²) in [6.07, 6.45) is 4.49. The molecule has 30 heavy (non-hydrogen) atoms. The standard InChI is InChI=1S/C23H23NO5S/c1-15-3-9-19(10-4-15)30(27,28)24-13-17-5-6-18(14-25)22-16(8-12-21(26)29-2)7-11-20(24)23(17)22/h3-4,7,9-11,13-14,18H,5-6,8,12H2,1-2H3. The maximum Gasteiger partial charge on any atom is 0.305 e. The zero-order chi connectivity index (χ0) is 21.5. The Labute approximate surface area is 175 Å². The quantitative estimate of drug-likeness (QED) is 0.446. The van der Waals surface area contributed by atoms with E-state index in [1.54, 1.807) is 36.5 Å². The molecule has 4 rings (SSSR count). The molecule has 0 bridgehead atoms. The van der Waals surface area contributed by atoms with Crippen molar-refractivity contribution in [2.45, 2.75) is 43.4 Å². The van der Waals surface area contributed by atoms with Gasteiger partial charge in [-0.15, -0.1) is 0 Å². The van der Waals surface area contributed by atoms with Crippen molar-refractivity contribution in [3.8, 4) is 0 Å². The summed E-state index contributed by atoms with van der Waals surface area (Å²) in [5.74, 6) is -0.632. The van der Waals surface area contributed by atoms with Crippen LogP contribution in [0.3, 0.4) is 0 Å². The van der Waals surface area contributed by atoms with Gasteiger partial charge in [0.05, 0.1) is 17.5 Å². The Balaban J connectivity index is 1.89. The minimum atomic E-state index is -3.77. The van der Waals surface area contributed by atoms with Crippen molar-refractivity contribution in [3.63, 3.8) is 0 Å². The third-order valence-electron chi connectivity index (χ3n) is 5.81. The number of nitrogens with zero attached hydrogens (tertiary/aromatic N) is 1. The Kier molecular flexibility index (Phi) is 5.24. The third-order valence-corrected chi connectivity index (χ3v) is 7.50. The number of aldehydes is 1. The third kappa shape index (κ3) is 3.33. The van der Waals surface area contributed by atoms with E-state index in [0.717, 1.165) is 33.9 Å². The molecule has 0 saturated carbocycles. The zero-order valence-corrected chi connectivity index (χ0v) is 17.7. The molecule has 0 amide bonds. The summed E-state index contributed by atoms with van der Waals surface area (Å²) in [4.78, 5) is 23.6. The fraction of sp³-hybridized carbons (Fsp3) is 0.304. The van der Waals surface area contributed by atoms with Gasteiger partial charge in [0, 0.05) is 23.9 Å². The van der Waals surface area contributed by atoms with Crippen molar-refractivity contribution in [2.75, 3.05) is 7.11 Å². The average molecular weight is 426 g/mol. The number of carbonyl (C=O) groups excluding carboxylic acids is 2. The lowest BCUT2D eigenvalue weighted by Crippen LogP contribution is -2.13. The van der Waals surface area contributed by atoms with Gasteiger partial charge in [-0.05, 0) is 61.1 Å². The Morgan fingerprint density at radius 3 is 2.60 bits per heavy atom. The molecular formula is C23H23NO5S. The second-order valence-electron chi connectivity index (χ2n) is 7.66. The second kappa shape index (κ2) is 7.72. The molecule has 0 N–H and O–H groups in total. The van der Waals surface area contributed by atoms with E-state index in [0.29, 0.717) is 24.8 Å². The van der Waals surface area contributed by atoms with E-state index in [1.807, 2.05) is 13.0 Å². The SMILES string of the molecule is COC(=O)CCc1ccc2c3c(cn2S(=O)(=O)c2ccc(C)cc2)CCC(C=O)c13. The van der Waals surface area contributed by atoms with Crippen LogP contribution >= 0.6 is 0 Å². The molecule has 1 unspecified atom stereocenters. The number of aromatic nitrogens is 1. The predicted molar refractivity (Wildman–Crippen MR) is 113 cm³/mol. The maximum atomic E-state index is 13.3. The number of hydrogen-bond acceptors (Lipinski definition) is 5. The first-order valence-electron chi connectivity index (χ1n) is 9.87. The molecule has 0 radical (unpaired) electrons. The molecule has 1 aromatic heterocycles. The van der Waals surface area contributed by atoms with Crippen LogP contribution in [0, 0.1) is 6.92 Å². The van der Waals surface area contributed by atoms with Gasteiger partial charge in [-0.25, -0.2) is 12.4 Å². The first kappa shape index (κ1) is 20.3. The molecule has 2 aromatic carbocycles. The van der Waals surface area contributed by atoms with Crippen LogP contribution in [-0.2, 0) is 37.2 Å².